The molecule has 5 heteroatoms. The zero-order valence-corrected chi connectivity index (χ0v) is 15.1. The highest BCUT2D eigenvalue weighted by molar-refractivity contribution is 5.68. The Labute approximate surface area is 140 Å². The van der Waals surface area contributed by atoms with E-state index in [9.17, 15) is 4.79 Å². The number of nitrogens with one attached hydrogen (secondary N) is 1. The summed E-state index contributed by atoms with van der Waals surface area (Å²) < 4.78 is 5.58. The lowest BCUT2D eigenvalue weighted by molar-refractivity contribution is 0.00459. The molecule has 0 aliphatic carbocycles. The van der Waals surface area contributed by atoms with Gasteiger partial charge in [0.05, 0.1) is 0 Å². The minimum atomic E-state index is -0.442. The van der Waals surface area contributed by atoms with Crippen molar-refractivity contribution in [3.05, 3.63) is 24.0 Å². The van der Waals surface area contributed by atoms with E-state index < -0.39 is 5.60 Å². The van der Waals surface area contributed by atoms with Gasteiger partial charge >= 0.3 is 6.09 Å². The second-order valence-electron chi connectivity index (χ2n) is 7.56. The SMILES string of the molecule is C[C@@H](c1ccc[nH]1)N(C)C[C@H]1CCCCN1C(=O)OC(C)(C)C. The molecular weight excluding hydrogens is 290 g/mol. The lowest BCUT2D eigenvalue weighted by atomic mass is 10.0. The van der Waals surface area contributed by atoms with Crippen molar-refractivity contribution in [3.63, 3.8) is 0 Å². The van der Waals surface area contributed by atoms with E-state index in [1.807, 2.05) is 37.9 Å². The molecule has 1 aliphatic heterocycles. The van der Waals surface area contributed by atoms with Gasteiger partial charge in [-0.05, 0) is 66.1 Å². The van der Waals surface area contributed by atoms with Gasteiger partial charge in [0.2, 0.25) is 0 Å². The first-order valence-corrected chi connectivity index (χ1v) is 8.61. The van der Waals surface area contributed by atoms with Gasteiger partial charge < -0.3 is 14.6 Å². The lowest BCUT2D eigenvalue weighted by Gasteiger charge is -2.39. The monoisotopic (exact) mass is 321 g/mol. The second kappa shape index (κ2) is 7.39. The summed E-state index contributed by atoms with van der Waals surface area (Å²) in [6.07, 6.45) is 5.05. The molecule has 1 aromatic heterocycles. The molecule has 0 radical (unpaired) electrons. The van der Waals surface area contributed by atoms with Crippen molar-refractivity contribution in [1.29, 1.82) is 0 Å². The van der Waals surface area contributed by atoms with Crippen molar-refractivity contribution in [2.45, 2.75) is 64.6 Å². The Morgan fingerprint density at radius 3 is 2.83 bits per heavy atom. The molecule has 0 spiro atoms. The van der Waals surface area contributed by atoms with Crippen LogP contribution in [-0.4, -0.2) is 52.7 Å². The highest BCUT2D eigenvalue weighted by atomic mass is 16.6. The van der Waals surface area contributed by atoms with Crippen LogP contribution in [0.15, 0.2) is 18.3 Å². The minimum absolute atomic E-state index is 0.178. The summed E-state index contributed by atoms with van der Waals surface area (Å²) >= 11 is 0. The Morgan fingerprint density at radius 1 is 1.48 bits per heavy atom. The zero-order valence-electron chi connectivity index (χ0n) is 15.1. The number of nitrogens with zero attached hydrogens (tertiary/aromatic N) is 2. The molecule has 5 nitrogen and oxygen atoms in total. The molecule has 1 fully saturated rings. The minimum Gasteiger partial charge on any atom is -0.444 e. The number of likely N-dealkylation sites (N-methyl/N-ethyl adjacent to an activating group) is 1. The van der Waals surface area contributed by atoms with Crippen molar-refractivity contribution >= 4 is 6.09 Å². The van der Waals surface area contributed by atoms with Crippen LogP contribution in [0, 0.1) is 0 Å². The summed E-state index contributed by atoms with van der Waals surface area (Å²) in [6.45, 7) is 9.60. The molecule has 1 aliphatic rings. The molecule has 23 heavy (non-hydrogen) atoms. The highest BCUT2D eigenvalue weighted by Gasteiger charge is 2.31. The summed E-state index contributed by atoms with van der Waals surface area (Å²) in [4.78, 5) is 20.0. The first-order valence-electron chi connectivity index (χ1n) is 8.61. The largest absolute Gasteiger partial charge is 0.444 e. The van der Waals surface area contributed by atoms with Gasteiger partial charge in [0.1, 0.15) is 5.60 Å². The molecule has 0 bridgehead atoms. The summed E-state index contributed by atoms with van der Waals surface area (Å²) in [6, 6.07) is 4.65. The normalized spacial score (nSPS) is 20.6. The van der Waals surface area contributed by atoms with Crippen molar-refractivity contribution in [1.82, 2.24) is 14.8 Å². The van der Waals surface area contributed by atoms with E-state index in [2.05, 4.69) is 29.9 Å². The third-order valence-electron chi connectivity index (χ3n) is 4.49. The fourth-order valence-corrected chi connectivity index (χ4v) is 3.08. The van der Waals surface area contributed by atoms with Crippen LogP contribution in [0.25, 0.3) is 0 Å². The van der Waals surface area contributed by atoms with E-state index in [4.69, 9.17) is 4.74 Å². The average molecular weight is 321 g/mol. The molecule has 0 aromatic carbocycles. The number of aromatic amines is 1. The number of piperidine rings is 1. The molecule has 2 atom stereocenters. The van der Waals surface area contributed by atoms with E-state index in [1.165, 1.54) is 12.1 Å². The molecule has 1 amide bonds. The van der Waals surface area contributed by atoms with Crippen LogP contribution >= 0.6 is 0 Å². The van der Waals surface area contributed by atoms with Crippen LogP contribution in [0.5, 0.6) is 0 Å². The summed E-state index contributed by atoms with van der Waals surface area (Å²) in [5, 5.41) is 0. The van der Waals surface area contributed by atoms with E-state index in [0.29, 0.717) is 6.04 Å². The number of likely N-dealkylation sites (tertiary alicyclic amines) is 1. The zero-order chi connectivity index (χ0) is 17.0. The topological polar surface area (TPSA) is 48.6 Å². The number of hydrogen-bond donors (Lipinski definition) is 1. The fraction of sp³-hybridized carbons (Fsp3) is 0.722. The Bertz CT molecular complexity index is 493. The van der Waals surface area contributed by atoms with Crippen LogP contribution in [0.3, 0.4) is 0 Å². The van der Waals surface area contributed by atoms with E-state index in [1.54, 1.807) is 0 Å². The second-order valence-corrected chi connectivity index (χ2v) is 7.56. The van der Waals surface area contributed by atoms with Gasteiger partial charge in [0, 0.05) is 37.1 Å². The van der Waals surface area contributed by atoms with Gasteiger partial charge in [0.15, 0.2) is 0 Å². The van der Waals surface area contributed by atoms with Crippen LogP contribution < -0.4 is 0 Å². The van der Waals surface area contributed by atoms with Crippen molar-refractivity contribution in [2.24, 2.45) is 0 Å². The van der Waals surface area contributed by atoms with Crippen LogP contribution in [0.4, 0.5) is 4.79 Å². The number of hydrogen-bond acceptors (Lipinski definition) is 3. The Morgan fingerprint density at radius 2 is 2.22 bits per heavy atom. The number of carbonyl (C=O) groups excluding carboxylic acids is 1. The quantitative estimate of drug-likeness (QED) is 0.917. The maximum absolute atomic E-state index is 12.5. The number of H-pyrrole nitrogens is 1. The predicted molar refractivity (Wildman–Crippen MR) is 92.4 cm³/mol. The van der Waals surface area contributed by atoms with Crippen LogP contribution in [0.1, 0.15) is 58.7 Å². The number of aromatic nitrogens is 1. The molecule has 0 unspecified atom stereocenters. The van der Waals surface area contributed by atoms with E-state index in [0.717, 1.165) is 25.9 Å². The molecule has 1 aromatic rings. The summed E-state index contributed by atoms with van der Waals surface area (Å²) in [5.74, 6) is 0. The predicted octanol–water partition coefficient (Wildman–Crippen LogP) is 3.80. The Balaban J connectivity index is 1.99. The molecule has 1 saturated heterocycles. The third-order valence-corrected chi connectivity index (χ3v) is 4.49. The molecule has 130 valence electrons. The van der Waals surface area contributed by atoms with E-state index in [-0.39, 0.29) is 12.1 Å². The molecular formula is C18H31N3O2. The maximum atomic E-state index is 12.5. The number of rotatable bonds is 4. The van der Waals surface area contributed by atoms with Gasteiger partial charge in [-0.25, -0.2) is 4.79 Å². The van der Waals surface area contributed by atoms with E-state index >= 15 is 0 Å². The van der Waals surface area contributed by atoms with Crippen molar-refractivity contribution < 1.29 is 9.53 Å². The lowest BCUT2D eigenvalue weighted by Crippen LogP contribution is -2.50. The van der Waals surface area contributed by atoms with Crippen molar-refractivity contribution in [3.8, 4) is 0 Å². The van der Waals surface area contributed by atoms with Crippen molar-refractivity contribution in [2.75, 3.05) is 20.1 Å². The fourth-order valence-electron chi connectivity index (χ4n) is 3.08. The van der Waals surface area contributed by atoms with Gasteiger partial charge in [-0.2, -0.15) is 0 Å². The first-order chi connectivity index (χ1) is 10.8. The number of carbonyl (C=O) groups is 1. The Kier molecular flexibility index (Phi) is 5.74. The third kappa shape index (κ3) is 4.99. The molecule has 0 saturated carbocycles. The van der Waals surface area contributed by atoms with Gasteiger partial charge in [-0.15, -0.1) is 0 Å². The standard InChI is InChI=1S/C18H31N3O2/c1-14(16-10-8-11-19-16)20(5)13-15-9-6-7-12-21(15)17(22)23-18(2,3)4/h8,10-11,14-15,19H,6-7,9,12-13H2,1-5H3/t14-,15+/m0/s1. The smallest absolute Gasteiger partial charge is 0.410 e. The summed E-state index contributed by atoms with van der Waals surface area (Å²) in [5.41, 5.74) is 0.759. The summed E-state index contributed by atoms with van der Waals surface area (Å²) in [7, 11) is 2.12. The van der Waals surface area contributed by atoms with Gasteiger partial charge in [-0.3, -0.25) is 4.90 Å². The highest BCUT2D eigenvalue weighted by Crippen LogP contribution is 2.24. The molecule has 2 heterocycles. The molecule has 2 rings (SSSR count). The number of ether oxygens (including phenoxy) is 1. The average Bonchev–Trinajstić information content (AvgIpc) is 2.99. The van der Waals surface area contributed by atoms with Gasteiger partial charge in [0.25, 0.3) is 0 Å². The number of amides is 1. The van der Waals surface area contributed by atoms with Gasteiger partial charge in [-0.1, -0.05) is 0 Å². The Hall–Kier alpha value is -1.49. The molecule has 1 N–H and O–H groups in total. The van der Waals surface area contributed by atoms with Crippen LogP contribution in [-0.2, 0) is 4.74 Å². The van der Waals surface area contributed by atoms with Crippen LogP contribution in [0.2, 0.25) is 0 Å². The first kappa shape index (κ1) is 17.9. The maximum Gasteiger partial charge on any atom is 0.410 e.